The summed E-state index contributed by atoms with van der Waals surface area (Å²) in [6, 6.07) is 6.35. The van der Waals surface area contributed by atoms with Gasteiger partial charge in [-0.3, -0.25) is 9.59 Å². The molecule has 1 amide bonds. The third kappa shape index (κ3) is 1.88. The van der Waals surface area contributed by atoms with Gasteiger partial charge in [0, 0.05) is 26.4 Å². The molecule has 1 heterocycles. The molecule has 5 nitrogen and oxygen atoms in total. The van der Waals surface area contributed by atoms with Crippen molar-refractivity contribution in [3.8, 4) is 0 Å². The molecule has 6 heteroatoms. The second-order valence-corrected chi connectivity index (χ2v) is 3.03. The molecule has 1 aromatic rings. The van der Waals surface area contributed by atoms with Gasteiger partial charge in [0.05, 0.1) is 11.3 Å². The van der Waals surface area contributed by atoms with Crippen molar-refractivity contribution in [2.24, 2.45) is 0 Å². The number of hydrogen-bond donors (Lipinski definition) is 0. The fourth-order valence-corrected chi connectivity index (χ4v) is 1.38. The number of rotatable bonds is 1. The molecule has 1 aromatic carbocycles. The number of benzene rings is 1. The fraction of sp³-hybridized carbons (Fsp3) is 0.100. The number of anilines is 1. The van der Waals surface area contributed by atoms with Gasteiger partial charge in [0.1, 0.15) is 0 Å². The molecule has 16 heavy (non-hydrogen) atoms. The molecular formula is C10H7NO4Zn. The molecule has 0 N–H and O–H groups in total. The van der Waals surface area contributed by atoms with Crippen LogP contribution in [-0.2, 0) is 33.9 Å². The van der Waals surface area contributed by atoms with Gasteiger partial charge in [-0.2, -0.15) is 0 Å². The van der Waals surface area contributed by atoms with Gasteiger partial charge in [0.15, 0.2) is 0 Å². The first kappa shape index (κ1) is 12.5. The summed E-state index contributed by atoms with van der Waals surface area (Å²) in [4.78, 5) is 38.2. The number of carbonyl (C=O) groups is 3. The Labute approximate surface area is 104 Å². The maximum absolute atomic E-state index is 11.4. The van der Waals surface area contributed by atoms with E-state index in [1.54, 1.807) is 18.2 Å². The number of carbonyl (C=O) groups excluding carboxylic acids is 3. The normalized spacial score (nSPS) is 13.2. The first-order valence-electron chi connectivity index (χ1n) is 4.27. The van der Waals surface area contributed by atoms with E-state index in [0.717, 1.165) is 5.06 Å². The Morgan fingerprint density at radius 2 is 1.88 bits per heavy atom. The molecular weight excluding hydrogens is 264 g/mol. The van der Waals surface area contributed by atoms with E-state index in [0.29, 0.717) is 5.69 Å². The van der Waals surface area contributed by atoms with Gasteiger partial charge in [-0.05, 0) is 12.1 Å². The number of amides is 1. The summed E-state index contributed by atoms with van der Waals surface area (Å²) in [5.41, 5.74) is 0.562. The number of hydrogen-bond acceptors (Lipinski definition) is 4. The predicted molar refractivity (Wildman–Crippen MR) is 50.0 cm³/mol. The van der Waals surface area contributed by atoms with Crippen molar-refractivity contribution < 1.29 is 38.7 Å². The third-order valence-corrected chi connectivity index (χ3v) is 1.97. The predicted octanol–water partition coefficient (Wildman–Crippen LogP) is 0.692. The fourth-order valence-electron chi connectivity index (χ4n) is 1.38. The number of para-hydroxylation sites is 1. The van der Waals surface area contributed by atoms with Crippen LogP contribution in [0.5, 0.6) is 0 Å². The minimum atomic E-state index is -0.841. The zero-order valence-electron chi connectivity index (χ0n) is 8.60. The van der Waals surface area contributed by atoms with E-state index in [9.17, 15) is 14.4 Å². The Morgan fingerprint density at radius 3 is 2.50 bits per heavy atom. The van der Waals surface area contributed by atoms with Crippen molar-refractivity contribution in [1.82, 2.24) is 0 Å². The summed E-state index contributed by atoms with van der Waals surface area (Å²) in [5.74, 6) is -2.15. The monoisotopic (exact) mass is 269 g/mol. The Hall–Kier alpha value is -1.55. The molecule has 0 unspecified atom stereocenters. The molecule has 1 aliphatic heterocycles. The van der Waals surface area contributed by atoms with E-state index < -0.39 is 17.7 Å². The SMILES string of the molecule is CC(=O)ON1C(=O)C(=O)c2ccccc21.[Zn]. The second-order valence-electron chi connectivity index (χ2n) is 3.03. The molecule has 0 bridgehead atoms. The minimum Gasteiger partial charge on any atom is -0.333 e. The van der Waals surface area contributed by atoms with E-state index in [1.807, 2.05) is 0 Å². The maximum Gasteiger partial charge on any atom is 0.332 e. The summed E-state index contributed by atoms with van der Waals surface area (Å²) < 4.78 is 0. The molecule has 0 spiro atoms. The van der Waals surface area contributed by atoms with Crippen LogP contribution in [0.4, 0.5) is 5.69 Å². The molecule has 0 radical (unpaired) electrons. The average molecular weight is 271 g/mol. The molecule has 0 aromatic heterocycles. The van der Waals surface area contributed by atoms with Gasteiger partial charge in [-0.15, -0.1) is 5.06 Å². The quantitative estimate of drug-likeness (QED) is 0.556. The van der Waals surface area contributed by atoms with Crippen LogP contribution in [-0.4, -0.2) is 17.7 Å². The Balaban J connectivity index is 0.00000128. The Kier molecular flexibility index (Phi) is 3.55. The van der Waals surface area contributed by atoms with Crippen molar-refractivity contribution >= 4 is 23.3 Å². The van der Waals surface area contributed by atoms with Gasteiger partial charge in [-0.25, -0.2) is 4.79 Å². The smallest absolute Gasteiger partial charge is 0.332 e. The van der Waals surface area contributed by atoms with Gasteiger partial charge in [-0.1, -0.05) is 12.1 Å². The number of ketones is 1. The van der Waals surface area contributed by atoms with E-state index in [2.05, 4.69) is 4.84 Å². The van der Waals surface area contributed by atoms with Crippen LogP contribution in [0.25, 0.3) is 0 Å². The molecule has 0 saturated carbocycles. The number of fused-ring (bicyclic) bond motifs is 1. The van der Waals surface area contributed by atoms with Gasteiger partial charge < -0.3 is 4.84 Å². The van der Waals surface area contributed by atoms with E-state index >= 15 is 0 Å². The first-order chi connectivity index (χ1) is 7.11. The largest absolute Gasteiger partial charge is 0.333 e. The van der Waals surface area contributed by atoms with Gasteiger partial charge >= 0.3 is 11.9 Å². The van der Waals surface area contributed by atoms with Crippen LogP contribution >= 0.6 is 0 Å². The second kappa shape index (κ2) is 4.53. The summed E-state index contributed by atoms with van der Waals surface area (Å²) in [7, 11) is 0. The Bertz CT molecular complexity index is 472. The van der Waals surface area contributed by atoms with Gasteiger partial charge in [0.25, 0.3) is 5.78 Å². The molecule has 0 fully saturated rings. The zero-order chi connectivity index (χ0) is 11.0. The van der Waals surface area contributed by atoms with Crippen molar-refractivity contribution in [1.29, 1.82) is 0 Å². The molecule has 78 valence electrons. The summed E-state index contributed by atoms with van der Waals surface area (Å²) in [5, 5.41) is 0.722. The van der Waals surface area contributed by atoms with Crippen LogP contribution < -0.4 is 5.06 Å². The molecule has 0 saturated heterocycles. The summed E-state index contributed by atoms with van der Waals surface area (Å²) in [6.07, 6.45) is 0. The van der Waals surface area contributed by atoms with E-state index in [1.165, 1.54) is 13.0 Å². The maximum atomic E-state index is 11.4. The van der Waals surface area contributed by atoms with Gasteiger partial charge in [0.2, 0.25) is 0 Å². The minimum absolute atomic E-state index is 0. The average Bonchev–Trinajstić information content (AvgIpc) is 2.44. The zero-order valence-corrected chi connectivity index (χ0v) is 11.6. The molecule has 0 aliphatic carbocycles. The van der Waals surface area contributed by atoms with Crippen LogP contribution in [0.15, 0.2) is 24.3 Å². The van der Waals surface area contributed by atoms with Crippen molar-refractivity contribution in [2.45, 2.75) is 6.92 Å². The standard InChI is InChI=1S/C10H7NO4.Zn/c1-6(12)15-11-8-5-3-2-4-7(8)9(13)10(11)14;/h2-5H,1H3;. The number of Topliss-reactive ketones (excluding diaryl/α,β-unsaturated/α-hetero) is 1. The summed E-state index contributed by atoms with van der Waals surface area (Å²) >= 11 is 0. The first-order valence-corrected chi connectivity index (χ1v) is 4.27. The van der Waals surface area contributed by atoms with Crippen LogP contribution in [0.1, 0.15) is 17.3 Å². The van der Waals surface area contributed by atoms with Crippen LogP contribution in [0.3, 0.4) is 0 Å². The number of hydroxylamine groups is 1. The number of nitrogens with zero attached hydrogens (tertiary/aromatic N) is 1. The van der Waals surface area contributed by atoms with E-state index in [-0.39, 0.29) is 25.0 Å². The van der Waals surface area contributed by atoms with Crippen LogP contribution in [0, 0.1) is 0 Å². The topological polar surface area (TPSA) is 63.7 Å². The van der Waals surface area contributed by atoms with Crippen molar-refractivity contribution in [2.75, 3.05) is 5.06 Å². The molecule has 2 rings (SSSR count). The van der Waals surface area contributed by atoms with E-state index in [4.69, 9.17) is 0 Å². The third-order valence-electron chi connectivity index (χ3n) is 1.97. The Morgan fingerprint density at radius 1 is 1.25 bits per heavy atom. The summed E-state index contributed by atoms with van der Waals surface area (Å²) in [6.45, 7) is 1.17. The van der Waals surface area contributed by atoms with Crippen molar-refractivity contribution in [3.63, 3.8) is 0 Å². The molecule has 0 atom stereocenters. The molecule has 1 aliphatic rings. The van der Waals surface area contributed by atoms with Crippen LogP contribution in [0.2, 0.25) is 0 Å². The van der Waals surface area contributed by atoms with Crippen molar-refractivity contribution in [3.05, 3.63) is 29.8 Å².